The monoisotopic (exact) mass is 366 g/mol. The summed E-state index contributed by atoms with van der Waals surface area (Å²) in [5.41, 5.74) is 2.56. The van der Waals surface area contributed by atoms with E-state index in [1.54, 1.807) is 20.8 Å². The van der Waals surface area contributed by atoms with Crippen LogP contribution < -0.4 is 10.0 Å². The van der Waals surface area contributed by atoms with E-state index in [-0.39, 0.29) is 6.04 Å². The molecule has 2 rings (SSSR count). The Balaban J connectivity index is 1.75. The zero-order chi connectivity index (χ0) is 18.5. The van der Waals surface area contributed by atoms with Crippen LogP contribution in [0.3, 0.4) is 0 Å². The Labute approximate surface area is 153 Å². The van der Waals surface area contributed by atoms with Crippen LogP contribution in [0.25, 0.3) is 0 Å². The number of hydrogen-bond acceptors (Lipinski definition) is 3. The zero-order valence-corrected chi connectivity index (χ0v) is 17.0. The quantitative estimate of drug-likeness (QED) is 0.755. The molecule has 0 aromatic heterocycles. The van der Waals surface area contributed by atoms with Crippen molar-refractivity contribution < 1.29 is 8.42 Å². The molecule has 1 saturated carbocycles. The van der Waals surface area contributed by atoms with Crippen LogP contribution in [-0.2, 0) is 16.4 Å². The van der Waals surface area contributed by atoms with Gasteiger partial charge >= 0.3 is 0 Å². The fourth-order valence-corrected chi connectivity index (χ4v) is 4.25. The molecular weight excluding hydrogens is 332 g/mol. The maximum atomic E-state index is 12.3. The molecule has 0 amide bonds. The summed E-state index contributed by atoms with van der Waals surface area (Å²) in [6.07, 6.45) is 6.30. The molecule has 0 atom stereocenters. The standard InChI is InChI=1S/C20H34N2O2S/c1-5-6-16-7-11-18(12-8-16)21-15-17-9-13-19(14-10-17)22-25(23,24)20(2,3)4/h7-8,11-12,17,19,21-22H,5-6,9-10,13-15H2,1-4H3. The molecule has 1 aromatic carbocycles. The highest BCUT2D eigenvalue weighted by Crippen LogP contribution is 2.26. The highest BCUT2D eigenvalue weighted by molar-refractivity contribution is 7.90. The van der Waals surface area contributed by atoms with Gasteiger partial charge < -0.3 is 5.32 Å². The minimum atomic E-state index is -3.24. The van der Waals surface area contributed by atoms with Crippen molar-refractivity contribution in [1.82, 2.24) is 4.72 Å². The van der Waals surface area contributed by atoms with Crippen LogP contribution in [0.15, 0.2) is 24.3 Å². The van der Waals surface area contributed by atoms with E-state index in [0.29, 0.717) is 5.92 Å². The molecular formula is C20H34N2O2S. The predicted molar refractivity (Wildman–Crippen MR) is 106 cm³/mol. The zero-order valence-electron chi connectivity index (χ0n) is 16.1. The summed E-state index contributed by atoms with van der Waals surface area (Å²) in [5, 5.41) is 3.53. The van der Waals surface area contributed by atoms with Gasteiger partial charge in [0.15, 0.2) is 0 Å². The van der Waals surface area contributed by atoms with E-state index in [9.17, 15) is 8.42 Å². The van der Waals surface area contributed by atoms with Crippen LogP contribution in [0.5, 0.6) is 0 Å². The molecule has 0 spiro atoms. The molecule has 5 heteroatoms. The molecule has 0 bridgehead atoms. The Hall–Kier alpha value is -1.07. The van der Waals surface area contributed by atoms with Crippen LogP contribution >= 0.6 is 0 Å². The van der Waals surface area contributed by atoms with E-state index >= 15 is 0 Å². The van der Waals surface area contributed by atoms with E-state index in [4.69, 9.17) is 0 Å². The van der Waals surface area contributed by atoms with E-state index in [1.165, 1.54) is 17.7 Å². The van der Waals surface area contributed by atoms with E-state index in [0.717, 1.165) is 38.6 Å². The second-order valence-corrected chi connectivity index (χ2v) is 10.7. The number of aryl methyl sites for hydroxylation is 1. The van der Waals surface area contributed by atoms with Gasteiger partial charge in [-0.05, 0) is 76.5 Å². The largest absolute Gasteiger partial charge is 0.385 e. The Morgan fingerprint density at radius 2 is 1.64 bits per heavy atom. The molecule has 1 aromatic rings. The lowest BCUT2D eigenvalue weighted by Gasteiger charge is -2.31. The number of hydrogen-bond donors (Lipinski definition) is 2. The van der Waals surface area contributed by atoms with Crippen molar-refractivity contribution in [2.24, 2.45) is 5.92 Å². The first kappa shape index (κ1) is 20.2. The molecule has 0 radical (unpaired) electrons. The number of rotatable bonds is 7. The number of nitrogens with one attached hydrogen (secondary N) is 2. The van der Waals surface area contributed by atoms with Crippen LogP contribution in [0.4, 0.5) is 5.69 Å². The summed E-state index contributed by atoms with van der Waals surface area (Å²) < 4.78 is 26.7. The second-order valence-electron chi connectivity index (χ2n) is 8.28. The Kier molecular flexibility index (Phi) is 6.92. The molecule has 0 heterocycles. The average Bonchev–Trinajstić information content (AvgIpc) is 2.54. The SMILES string of the molecule is CCCc1ccc(NCC2CCC(NS(=O)(=O)C(C)(C)C)CC2)cc1. The number of benzene rings is 1. The van der Waals surface area contributed by atoms with Crippen molar-refractivity contribution in [3.8, 4) is 0 Å². The van der Waals surface area contributed by atoms with E-state index < -0.39 is 14.8 Å². The first-order chi connectivity index (χ1) is 11.7. The third kappa shape index (κ3) is 6.00. The highest BCUT2D eigenvalue weighted by atomic mass is 32.2. The van der Waals surface area contributed by atoms with Crippen molar-refractivity contribution in [2.45, 2.75) is 77.0 Å². The van der Waals surface area contributed by atoms with Crippen molar-refractivity contribution in [3.63, 3.8) is 0 Å². The Morgan fingerprint density at radius 3 is 2.16 bits per heavy atom. The molecule has 142 valence electrons. The van der Waals surface area contributed by atoms with Crippen LogP contribution in [0.2, 0.25) is 0 Å². The fraction of sp³-hybridized carbons (Fsp3) is 0.700. The topological polar surface area (TPSA) is 58.2 Å². The molecule has 1 aliphatic rings. The minimum Gasteiger partial charge on any atom is -0.385 e. The van der Waals surface area contributed by atoms with Crippen LogP contribution in [0.1, 0.15) is 65.4 Å². The summed E-state index contributed by atoms with van der Waals surface area (Å²) in [7, 11) is -3.24. The van der Waals surface area contributed by atoms with Crippen LogP contribution in [0, 0.1) is 5.92 Å². The Morgan fingerprint density at radius 1 is 1.04 bits per heavy atom. The molecule has 0 unspecified atom stereocenters. The fourth-order valence-electron chi connectivity index (χ4n) is 3.22. The lowest BCUT2D eigenvalue weighted by molar-refractivity contribution is 0.322. The van der Waals surface area contributed by atoms with Gasteiger partial charge in [0, 0.05) is 18.3 Å². The molecule has 25 heavy (non-hydrogen) atoms. The van der Waals surface area contributed by atoms with Gasteiger partial charge in [-0.3, -0.25) is 0 Å². The molecule has 0 aliphatic heterocycles. The summed E-state index contributed by atoms with van der Waals surface area (Å²) in [6, 6.07) is 8.81. The second kappa shape index (κ2) is 8.54. The normalized spacial score (nSPS) is 21.9. The van der Waals surface area contributed by atoms with E-state index in [1.807, 2.05) is 0 Å². The van der Waals surface area contributed by atoms with Crippen molar-refractivity contribution in [2.75, 3.05) is 11.9 Å². The van der Waals surface area contributed by atoms with Crippen molar-refractivity contribution in [3.05, 3.63) is 29.8 Å². The molecule has 0 saturated heterocycles. The predicted octanol–water partition coefficient (Wildman–Crippen LogP) is 4.33. The van der Waals surface area contributed by atoms with Crippen molar-refractivity contribution >= 4 is 15.7 Å². The van der Waals surface area contributed by atoms with Gasteiger partial charge in [0.25, 0.3) is 0 Å². The number of sulfonamides is 1. The average molecular weight is 367 g/mol. The third-order valence-corrected chi connectivity index (χ3v) is 7.32. The van der Waals surface area contributed by atoms with Gasteiger partial charge in [-0.15, -0.1) is 0 Å². The van der Waals surface area contributed by atoms with E-state index in [2.05, 4.69) is 41.2 Å². The number of anilines is 1. The van der Waals surface area contributed by atoms with Gasteiger partial charge in [0.2, 0.25) is 10.0 Å². The highest BCUT2D eigenvalue weighted by Gasteiger charge is 2.32. The first-order valence-electron chi connectivity index (χ1n) is 9.56. The Bertz CT molecular complexity index is 625. The summed E-state index contributed by atoms with van der Waals surface area (Å²) >= 11 is 0. The van der Waals surface area contributed by atoms with Gasteiger partial charge in [-0.25, -0.2) is 13.1 Å². The summed E-state index contributed by atoms with van der Waals surface area (Å²) in [5.74, 6) is 0.616. The molecule has 1 aliphatic carbocycles. The van der Waals surface area contributed by atoms with Gasteiger partial charge in [0.1, 0.15) is 0 Å². The van der Waals surface area contributed by atoms with Gasteiger partial charge in [-0.2, -0.15) is 0 Å². The van der Waals surface area contributed by atoms with Gasteiger partial charge in [-0.1, -0.05) is 25.5 Å². The van der Waals surface area contributed by atoms with Crippen molar-refractivity contribution in [1.29, 1.82) is 0 Å². The maximum absolute atomic E-state index is 12.3. The smallest absolute Gasteiger partial charge is 0.216 e. The molecule has 1 fully saturated rings. The lowest BCUT2D eigenvalue weighted by atomic mass is 9.86. The van der Waals surface area contributed by atoms with Gasteiger partial charge in [0.05, 0.1) is 4.75 Å². The summed E-state index contributed by atoms with van der Waals surface area (Å²) in [4.78, 5) is 0. The molecule has 2 N–H and O–H groups in total. The minimum absolute atomic E-state index is 0.0915. The van der Waals surface area contributed by atoms with Crippen LogP contribution in [-0.4, -0.2) is 25.8 Å². The first-order valence-corrected chi connectivity index (χ1v) is 11.0. The lowest BCUT2D eigenvalue weighted by Crippen LogP contribution is -2.46. The maximum Gasteiger partial charge on any atom is 0.216 e. The third-order valence-electron chi connectivity index (χ3n) is 5.06. The molecule has 4 nitrogen and oxygen atoms in total. The summed E-state index contributed by atoms with van der Waals surface area (Å²) in [6.45, 7) is 8.40.